The summed E-state index contributed by atoms with van der Waals surface area (Å²) < 4.78 is 5.72. The second kappa shape index (κ2) is 11.2. The molecule has 1 N–H and O–H groups in total. The largest absolute Gasteiger partial charge is 0.484 e. The van der Waals surface area contributed by atoms with Crippen LogP contribution in [0.2, 0.25) is 10.0 Å². The number of nitrogens with one attached hydrogen (secondary N) is 1. The van der Waals surface area contributed by atoms with Crippen LogP contribution in [0.25, 0.3) is 0 Å². The molecule has 30 heavy (non-hydrogen) atoms. The third-order valence-electron chi connectivity index (χ3n) is 5.00. The number of aryl methyl sites for hydroxylation is 1. The molecule has 0 fully saturated rings. The summed E-state index contributed by atoms with van der Waals surface area (Å²) in [6, 6.07) is 11.9. The Kier molecular flexibility index (Phi) is 9.00. The number of nitrogens with zero attached hydrogens (tertiary/aromatic N) is 1. The van der Waals surface area contributed by atoms with Gasteiger partial charge in [-0.25, -0.2) is 0 Å². The van der Waals surface area contributed by atoms with Gasteiger partial charge < -0.3 is 15.0 Å². The highest BCUT2D eigenvalue weighted by molar-refractivity contribution is 6.36. The van der Waals surface area contributed by atoms with Gasteiger partial charge in [0.2, 0.25) is 5.91 Å². The van der Waals surface area contributed by atoms with Crippen LogP contribution in [0.4, 0.5) is 0 Å². The van der Waals surface area contributed by atoms with E-state index in [0.717, 1.165) is 12.0 Å². The van der Waals surface area contributed by atoms with Gasteiger partial charge in [-0.1, -0.05) is 54.4 Å². The fourth-order valence-electron chi connectivity index (χ4n) is 2.84. The van der Waals surface area contributed by atoms with Crippen LogP contribution in [0.1, 0.15) is 38.3 Å². The zero-order chi connectivity index (χ0) is 22.3. The Morgan fingerprint density at radius 3 is 2.30 bits per heavy atom. The number of ether oxygens (including phenoxy) is 1. The van der Waals surface area contributed by atoms with Crippen molar-refractivity contribution < 1.29 is 14.3 Å². The minimum absolute atomic E-state index is 0.00372. The summed E-state index contributed by atoms with van der Waals surface area (Å²) in [4.78, 5) is 27.3. The lowest BCUT2D eigenvalue weighted by Crippen LogP contribution is -2.50. The van der Waals surface area contributed by atoms with E-state index in [1.807, 2.05) is 39.0 Å². The monoisotopic (exact) mass is 450 g/mol. The van der Waals surface area contributed by atoms with Crippen molar-refractivity contribution in [3.63, 3.8) is 0 Å². The van der Waals surface area contributed by atoms with E-state index in [4.69, 9.17) is 27.9 Å². The van der Waals surface area contributed by atoms with Gasteiger partial charge in [0, 0.05) is 28.2 Å². The zero-order valence-corrected chi connectivity index (χ0v) is 19.3. The minimum Gasteiger partial charge on any atom is -0.484 e. The Balaban J connectivity index is 2.24. The van der Waals surface area contributed by atoms with Gasteiger partial charge in [-0.2, -0.15) is 0 Å². The molecule has 0 saturated heterocycles. The van der Waals surface area contributed by atoms with Gasteiger partial charge in [0.1, 0.15) is 11.8 Å². The molecule has 0 saturated carbocycles. The van der Waals surface area contributed by atoms with Crippen molar-refractivity contribution in [2.45, 2.75) is 52.7 Å². The molecule has 2 atom stereocenters. The Morgan fingerprint density at radius 2 is 1.70 bits per heavy atom. The molecule has 162 valence electrons. The SMILES string of the molecule is CC[C@@H](C)NC(=O)[C@@H](C)N(Cc1c(Cl)cccc1Cl)C(=O)COc1ccccc1C. The summed E-state index contributed by atoms with van der Waals surface area (Å²) in [5.74, 6) is 0.0519. The maximum Gasteiger partial charge on any atom is 0.261 e. The number of benzene rings is 2. The van der Waals surface area contributed by atoms with Crippen LogP contribution in [0.3, 0.4) is 0 Å². The first-order valence-electron chi connectivity index (χ1n) is 9.95. The average molecular weight is 451 g/mol. The molecule has 2 amide bonds. The zero-order valence-electron chi connectivity index (χ0n) is 17.7. The highest BCUT2D eigenvalue weighted by Crippen LogP contribution is 2.27. The lowest BCUT2D eigenvalue weighted by molar-refractivity contribution is -0.142. The number of rotatable bonds is 9. The third kappa shape index (κ3) is 6.38. The van der Waals surface area contributed by atoms with Gasteiger partial charge >= 0.3 is 0 Å². The lowest BCUT2D eigenvalue weighted by Gasteiger charge is -2.30. The van der Waals surface area contributed by atoms with Crippen molar-refractivity contribution in [2.75, 3.05) is 6.61 Å². The molecule has 2 aromatic carbocycles. The molecule has 0 aliphatic carbocycles. The van der Waals surface area contributed by atoms with Crippen LogP contribution in [0.15, 0.2) is 42.5 Å². The molecule has 2 rings (SSSR count). The summed E-state index contributed by atoms with van der Waals surface area (Å²) in [5, 5.41) is 3.80. The second-order valence-electron chi connectivity index (χ2n) is 7.27. The van der Waals surface area contributed by atoms with Gasteiger partial charge in [0.05, 0.1) is 0 Å². The van der Waals surface area contributed by atoms with Gasteiger partial charge in [0.25, 0.3) is 5.91 Å². The van der Waals surface area contributed by atoms with Gasteiger partial charge in [-0.15, -0.1) is 0 Å². The van der Waals surface area contributed by atoms with Crippen LogP contribution >= 0.6 is 23.2 Å². The van der Waals surface area contributed by atoms with Crippen molar-refractivity contribution in [1.29, 1.82) is 0 Å². The molecule has 0 unspecified atom stereocenters. The first kappa shape index (κ1) is 24.0. The molecule has 5 nitrogen and oxygen atoms in total. The van der Waals surface area contributed by atoms with E-state index in [-0.39, 0.29) is 31.0 Å². The van der Waals surface area contributed by atoms with Crippen molar-refractivity contribution in [3.8, 4) is 5.75 Å². The van der Waals surface area contributed by atoms with Crippen molar-refractivity contribution in [3.05, 3.63) is 63.6 Å². The van der Waals surface area contributed by atoms with E-state index in [0.29, 0.717) is 21.4 Å². The van der Waals surface area contributed by atoms with Crippen LogP contribution in [-0.4, -0.2) is 35.4 Å². The number of carbonyl (C=O) groups is 2. The summed E-state index contributed by atoms with van der Waals surface area (Å²) in [5.41, 5.74) is 1.52. The molecule has 0 radical (unpaired) electrons. The molecule has 0 spiro atoms. The molecule has 0 bridgehead atoms. The Morgan fingerprint density at radius 1 is 1.07 bits per heavy atom. The van der Waals surface area contributed by atoms with E-state index < -0.39 is 6.04 Å². The third-order valence-corrected chi connectivity index (χ3v) is 5.71. The van der Waals surface area contributed by atoms with Gasteiger partial charge in [0.15, 0.2) is 6.61 Å². The summed E-state index contributed by atoms with van der Waals surface area (Å²) >= 11 is 12.6. The maximum atomic E-state index is 13.1. The fourth-order valence-corrected chi connectivity index (χ4v) is 3.36. The summed E-state index contributed by atoms with van der Waals surface area (Å²) in [7, 11) is 0. The van der Waals surface area contributed by atoms with Crippen LogP contribution < -0.4 is 10.1 Å². The molecule has 7 heteroatoms. The second-order valence-corrected chi connectivity index (χ2v) is 8.08. The van der Waals surface area contributed by atoms with E-state index in [9.17, 15) is 9.59 Å². The topological polar surface area (TPSA) is 58.6 Å². The quantitative estimate of drug-likeness (QED) is 0.583. The molecular weight excluding hydrogens is 423 g/mol. The summed E-state index contributed by atoms with van der Waals surface area (Å²) in [6.45, 7) is 7.40. The van der Waals surface area contributed by atoms with Gasteiger partial charge in [-0.05, 0) is 51.0 Å². The first-order valence-corrected chi connectivity index (χ1v) is 10.7. The molecular formula is C23H28Cl2N2O3. The lowest BCUT2D eigenvalue weighted by atomic mass is 10.1. The van der Waals surface area contributed by atoms with E-state index >= 15 is 0 Å². The molecule has 2 aromatic rings. The normalized spacial score (nSPS) is 12.7. The number of hydrogen-bond donors (Lipinski definition) is 1. The summed E-state index contributed by atoms with van der Waals surface area (Å²) in [6.07, 6.45) is 0.791. The minimum atomic E-state index is -0.723. The van der Waals surface area contributed by atoms with Crippen molar-refractivity contribution in [1.82, 2.24) is 10.2 Å². The molecule has 0 aromatic heterocycles. The predicted molar refractivity (Wildman–Crippen MR) is 121 cm³/mol. The van der Waals surface area contributed by atoms with Gasteiger partial charge in [-0.3, -0.25) is 9.59 Å². The molecule has 0 aliphatic heterocycles. The standard InChI is InChI=1S/C23H28Cl2N2O3/c1-5-16(3)26-23(29)17(4)27(13-18-19(24)10-8-11-20(18)25)22(28)14-30-21-12-7-6-9-15(21)2/h6-12,16-17H,5,13-14H2,1-4H3,(H,26,29)/t16-,17-/m1/s1. The number of para-hydroxylation sites is 1. The van der Waals surface area contributed by atoms with Crippen LogP contribution in [-0.2, 0) is 16.1 Å². The number of halogens is 2. The van der Waals surface area contributed by atoms with E-state index in [1.165, 1.54) is 4.90 Å². The maximum absolute atomic E-state index is 13.1. The highest BCUT2D eigenvalue weighted by atomic mass is 35.5. The number of hydrogen-bond acceptors (Lipinski definition) is 3. The van der Waals surface area contributed by atoms with Crippen LogP contribution in [0, 0.1) is 6.92 Å². The van der Waals surface area contributed by atoms with Crippen molar-refractivity contribution in [2.24, 2.45) is 0 Å². The Hall–Kier alpha value is -2.24. The first-order chi connectivity index (χ1) is 14.2. The number of carbonyl (C=O) groups excluding carboxylic acids is 2. The number of amides is 2. The molecule has 0 aliphatic rings. The molecule has 0 heterocycles. The fraction of sp³-hybridized carbons (Fsp3) is 0.391. The van der Waals surface area contributed by atoms with E-state index in [2.05, 4.69) is 5.32 Å². The Bertz CT molecular complexity index is 868. The van der Waals surface area contributed by atoms with E-state index in [1.54, 1.807) is 31.2 Å². The van der Waals surface area contributed by atoms with Crippen LogP contribution in [0.5, 0.6) is 5.75 Å². The van der Waals surface area contributed by atoms with Crippen molar-refractivity contribution >= 4 is 35.0 Å². The smallest absolute Gasteiger partial charge is 0.261 e. The highest BCUT2D eigenvalue weighted by Gasteiger charge is 2.28. The average Bonchev–Trinajstić information content (AvgIpc) is 2.72. The Labute approximate surface area is 188 Å². The predicted octanol–water partition coefficient (Wildman–Crippen LogP) is 5.01.